The maximum atomic E-state index is 2.55. The third-order valence-corrected chi connectivity index (χ3v) is 13.6. The number of fused-ring (bicyclic) bond motifs is 16. The highest BCUT2D eigenvalue weighted by Gasteiger charge is 2.52. The van der Waals surface area contributed by atoms with E-state index in [2.05, 4.69) is 241 Å². The highest BCUT2D eigenvalue weighted by Crippen LogP contribution is 2.64. The summed E-state index contributed by atoms with van der Waals surface area (Å²) < 4.78 is 0. The highest BCUT2D eigenvalue weighted by atomic mass is 15.1. The summed E-state index contributed by atoms with van der Waals surface area (Å²) in [6.07, 6.45) is 0. The Morgan fingerprint density at radius 1 is 0.226 bits per heavy atom. The molecule has 0 saturated carbocycles. The van der Waals surface area contributed by atoms with Crippen LogP contribution in [0.15, 0.2) is 237 Å². The van der Waals surface area contributed by atoms with Gasteiger partial charge in [-0.3, -0.25) is 0 Å². The van der Waals surface area contributed by atoms with Crippen molar-refractivity contribution in [1.82, 2.24) is 0 Å². The van der Waals surface area contributed by atoms with Gasteiger partial charge in [0.05, 0.1) is 5.41 Å². The Kier molecular flexibility index (Phi) is 7.59. The first-order valence-corrected chi connectivity index (χ1v) is 21.6. The molecule has 11 aromatic rings. The van der Waals surface area contributed by atoms with E-state index in [0.29, 0.717) is 0 Å². The van der Waals surface area contributed by atoms with Crippen molar-refractivity contribution in [3.05, 3.63) is 259 Å². The molecule has 1 atom stereocenters. The highest BCUT2D eigenvalue weighted by molar-refractivity contribution is 6.26. The summed E-state index contributed by atoms with van der Waals surface area (Å²) in [6.45, 7) is 0. The lowest BCUT2D eigenvalue weighted by molar-refractivity contribution is 0.795. The summed E-state index contributed by atoms with van der Waals surface area (Å²) >= 11 is 0. The first-order chi connectivity index (χ1) is 30.8. The van der Waals surface area contributed by atoms with Crippen LogP contribution in [-0.2, 0) is 5.41 Å². The van der Waals surface area contributed by atoms with Crippen molar-refractivity contribution < 1.29 is 0 Å². The van der Waals surface area contributed by atoms with E-state index in [0.717, 1.165) is 17.1 Å². The molecule has 0 heterocycles. The molecule has 0 amide bonds. The first kappa shape index (κ1) is 34.8. The van der Waals surface area contributed by atoms with E-state index in [1.165, 1.54) is 99.1 Å². The van der Waals surface area contributed by atoms with Crippen LogP contribution < -0.4 is 4.90 Å². The van der Waals surface area contributed by atoms with Crippen molar-refractivity contribution >= 4 is 49.4 Å². The summed E-state index contributed by atoms with van der Waals surface area (Å²) in [6, 6.07) is 87.8. The van der Waals surface area contributed by atoms with Crippen molar-refractivity contribution in [2.24, 2.45) is 0 Å². The van der Waals surface area contributed by atoms with Gasteiger partial charge < -0.3 is 4.90 Å². The van der Waals surface area contributed by atoms with Gasteiger partial charge in [0, 0.05) is 17.1 Å². The molecule has 0 bridgehead atoms. The average molecular weight is 786 g/mol. The molecule has 2 aliphatic carbocycles. The summed E-state index contributed by atoms with van der Waals surface area (Å²) in [5.74, 6) is 0. The number of anilines is 3. The van der Waals surface area contributed by atoms with Gasteiger partial charge in [0.2, 0.25) is 0 Å². The van der Waals surface area contributed by atoms with Gasteiger partial charge in [-0.2, -0.15) is 0 Å². The molecule has 0 radical (unpaired) electrons. The molecule has 0 saturated heterocycles. The average Bonchev–Trinajstić information content (AvgIpc) is 3.81. The van der Waals surface area contributed by atoms with E-state index in [1.54, 1.807) is 0 Å². The molecule has 1 spiro atoms. The summed E-state index contributed by atoms with van der Waals surface area (Å²) in [4.78, 5) is 2.43. The Morgan fingerprint density at radius 2 is 0.661 bits per heavy atom. The summed E-state index contributed by atoms with van der Waals surface area (Å²) in [5, 5.41) is 7.80. The van der Waals surface area contributed by atoms with Gasteiger partial charge in [-0.15, -0.1) is 0 Å². The van der Waals surface area contributed by atoms with Gasteiger partial charge in [-0.1, -0.05) is 188 Å². The molecule has 288 valence electrons. The van der Waals surface area contributed by atoms with Crippen LogP contribution >= 0.6 is 0 Å². The van der Waals surface area contributed by atoms with Crippen LogP contribution in [-0.4, -0.2) is 0 Å². The molecule has 0 aromatic heterocycles. The second kappa shape index (κ2) is 13.5. The number of hydrogen-bond donors (Lipinski definition) is 0. The lowest BCUT2D eigenvalue weighted by atomic mass is 9.70. The van der Waals surface area contributed by atoms with E-state index in [1.807, 2.05) is 0 Å². The molecule has 0 fully saturated rings. The van der Waals surface area contributed by atoms with Crippen molar-refractivity contribution in [2.45, 2.75) is 5.41 Å². The Hall–Kier alpha value is -8.00. The molecule has 1 unspecified atom stereocenters. The standard InChI is InChI=1S/C61H39N/c1-3-16-40(17-4-1)42-30-32-44(33-31-42)62(45-21-15-20-43(36-45)41-18-5-2-6-19-41)46-34-35-59-55(37-46)51-26-11-13-28-57(51)61(59)58-29-14-12-27-52(58)56-38-53-49-24-9-7-22-47(49)48-23-8-10-25-50(48)54(53)39-60(56)61/h1-39H. The van der Waals surface area contributed by atoms with Gasteiger partial charge in [0.1, 0.15) is 0 Å². The lowest BCUT2D eigenvalue weighted by Gasteiger charge is -2.31. The predicted molar refractivity (Wildman–Crippen MR) is 261 cm³/mol. The quantitative estimate of drug-likeness (QED) is 0.157. The van der Waals surface area contributed by atoms with E-state index in [-0.39, 0.29) is 0 Å². The van der Waals surface area contributed by atoms with Crippen LogP contribution in [0.25, 0.3) is 76.8 Å². The molecular weight excluding hydrogens is 747 g/mol. The van der Waals surface area contributed by atoms with E-state index in [9.17, 15) is 0 Å². The second-order valence-corrected chi connectivity index (χ2v) is 16.8. The van der Waals surface area contributed by atoms with Crippen LogP contribution in [0.5, 0.6) is 0 Å². The normalized spacial score (nSPS) is 14.5. The van der Waals surface area contributed by atoms with Crippen molar-refractivity contribution in [2.75, 3.05) is 4.90 Å². The molecule has 2 aliphatic rings. The van der Waals surface area contributed by atoms with E-state index in [4.69, 9.17) is 0 Å². The van der Waals surface area contributed by atoms with E-state index < -0.39 is 5.41 Å². The van der Waals surface area contributed by atoms with Crippen LogP contribution in [0, 0.1) is 0 Å². The Bertz CT molecular complexity index is 3570. The van der Waals surface area contributed by atoms with Crippen molar-refractivity contribution in [1.29, 1.82) is 0 Å². The van der Waals surface area contributed by atoms with Gasteiger partial charge in [-0.25, -0.2) is 0 Å². The minimum Gasteiger partial charge on any atom is -0.310 e. The number of benzene rings is 11. The van der Waals surface area contributed by atoms with Crippen LogP contribution in [0.1, 0.15) is 22.3 Å². The Labute approximate surface area is 361 Å². The Morgan fingerprint density at radius 3 is 1.29 bits per heavy atom. The smallest absolute Gasteiger partial charge is 0.0725 e. The minimum absolute atomic E-state index is 0.479. The minimum atomic E-state index is -0.479. The second-order valence-electron chi connectivity index (χ2n) is 16.8. The predicted octanol–water partition coefficient (Wildman–Crippen LogP) is 16.3. The SMILES string of the molecule is c1ccc(-c2ccc(N(c3cccc(-c4ccccc4)c3)c3ccc4c(c3)-c3ccccc3C43c4ccccc4-c4cc5c6ccccc6c6ccccc6c5cc43)cc2)cc1. The lowest BCUT2D eigenvalue weighted by Crippen LogP contribution is -2.26. The molecule has 0 aliphatic heterocycles. The van der Waals surface area contributed by atoms with Crippen LogP contribution in [0.4, 0.5) is 17.1 Å². The summed E-state index contributed by atoms with van der Waals surface area (Å²) in [7, 11) is 0. The Balaban J connectivity index is 1.05. The van der Waals surface area contributed by atoms with Gasteiger partial charge in [0.25, 0.3) is 0 Å². The van der Waals surface area contributed by atoms with Crippen LogP contribution in [0.3, 0.4) is 0 Å². The first-order valence-electron chi connectivity index (χ1n) is 21.6. The van der Waals surface area contributed by atoms with Gasteiger partial charge >= 0.3 is 0 Å². The van der Waals surface area contributed by atoms with Crippen molar-refractivity contribution in [3.8, 4) is 44.5 Å². The molecule has 0 N–H and O–H groups in total. The molecule has 13 rings (SSSR count). The van der Waals surface area contributed by atoms with E-state index >= 15 is 0 Å². The monoisotopic (exact) mass is 785 g/mol. The van der Waals surface area contributed by atoms with Crippen LogP contribution in [0.2, 0.25) is 0 Å². The zero-order chi connectivity index (χ0) is 40.8. The number of rotatable bonds is 5. The molecule has 1 nitrogen and oxygen atoms in total. The fourth-order valence-electron chi connectivity index (χ4n) is 11.0. The number of hydrogen-bond acceptors (Lipinski definition) is 1. The topological polar surface area (TPSA) is 3.24 Å². The molecule has 62 heavy (non-hydrogen) atoms. The zero-order valence-corrected chi connectivity index (χ0v) is 34.0. The molecule has 1 heteroatoms. The molecule has 11 aromatic carbocycles. The van der Waals surface area contributed by atoms with Crippen molar-refractivity contribution in [3.63, 3.8) is 0 Å². The molecular formula is C61H39N. The maximum absolute atomic E-state index is 2.55. The third-order valence-electron chi connectivity index (χ3n) is 13.6. The number of nitrogens with zero attached hydrogens (tertiary/aromatic N) is 1. The zero-order valence-electron chi connectivity index (χ0n) is 34.0. The largest absolute Gasteiger partial charge is 0.310 e. The fourth-order valence-corrected chi connectivity index (χ4v) is 11.0. The summed E-state index contributed by atoms with van der Waals surface area (Å²) in [5.41, 5.74) is 18.2. The fraction of sp³-hybridized carbons (Fsp3) is 0.0164. The van der Waals surface area contributed by atoms with Gasteiger partial charge in [-0.05, 0) is 148 Å². The maximum Gasteiger partial charge on any atom is 0.0725 e. The third kappa shape index (κ3) is 4.97. The van der Waals surface area contributed by atoms with Gasteiger partial charge in [0.15, 0.2) is 0 Å².